The number of ether oxygens (including phenoxy) is 4. The molecule has 0 aliphatic rings. The number of aliphatic hydroxyl groups is 1. The molecule has 0 bridgehead atoms. The Morgan fingerprint density at radius 3 is 0.639 bits per heavy atom. The summed E-state index contributed by atoms with van der Waals surface area (Å²) in [4.78, 5) is 72.8. The van der Waals surface area contributed by atoms with Crippen molar-refractivity contribution in [3.8, 4) is 0 Å². The fraction of sp³-hybridized carbons (Fsp3) is 0.949. The quantitative estimate of drug-likeness (QED) is 0.0222. The van der Waals surface area contributed by atoms with Crippen LogP contribution in [0.15, 0.2) is 0 Å². The normalized spacial score (nSPS) is 14.1. The highest BCUT2D eigenvalue weighted by Crippen LogP contribution is 2.45. The van der Waals surface area contributed by atoms with Crippen LogP contribution in [0.1, 0.15) is 396 Å². The van der Waals surface area contributed by atoms with E-state index in [9.17, 15) is 43.2 Å². The number of aliphatic hydroxyl groups excluding tert-OH is 1. The summed E-state index contributed by atoms with van der Waals surface area (Å²) in [7, 11) is -9.91. The molecule has 97 heavy (non-hydrogen) atoms. The van der Waals surface area contributed by atoms with Crippen molar-refractivity contribution in [1.82, 2.24) is 0 Å². The van der Waals surface area contributed by atoms with Gasteiger partial charge in [-0.2, -0.15) is 0 Å². The van der Waals surface area contributed by atoms with Crippen molar-refractivity contribution in [2.24, 2.45) is 23.7 Å². The molecule has 17 nitrogen and oxygen atoms in total. The SMILES string of the molecule is CC(C)CCCCCCCCCCCCCCCCCCCCC(=O)O[C@H](COC(=O)CCCCCCCCCC(C)C)COP(=O)(O)OCC(O)COP(=O)(O)OC[C@@H](COC(=O)CCCCCCCCCC(C)C)OC(=O)CCCCCCCCCCCCCCCC(C)C. The second kappa shape index (κ2) is 67.2. The van der Waals surface area contributed by atoms with E-state index in [1.54, 1.807) is 0 Å². The Bertz CT molecular complexity index is 1900. The van der Waals surface area contributed by atoms with Gasteiger partial charge in [0.15, 0.2) is 12.2 Å². The third kappa shape index (κ3) is 72.2. The summed E-state index contributed by atoms with van der Waals surface area (Å²) in [5.74, 6) is 0.896. The minimum atomic E-state index is -4.96. The van der Waals surface area contributed by atoms with Crippen LogP contribution in [0.3, 0.4) is 0 Å². The van der Waals surface area contributed by atoms with Crippen molar-refractivity contribution < 1.29 is 80.2 Å². The Labute approximate surface area is 594 Å². The molecule has 0 rings (SSSR count). The molecule has 5 atom stereocenters. The summed E-state index contributed by atoms with van der Waals surface area (Å²) in [5, 5.41) is 10.6. The molecule has 0 radical (unpaired) electrons. The lowest BCUT2D eigenvalue weighted by Gasteiger charge is -2.21. The smallest absolute Gasteiger partial charge is 0.462 e. The van der Waals surface area contributed by atoms with Crippen molar-refractivity contribution >= 4 is 39.5 Å². The van der Waals surface area contributed by atoms with Gasteiger partial charge in [0, 0.05) is 25.7 Å². The first kappa shape index (κ1) is 95.1. The zero-order chi connectivity index (χ0) is 71.7. The zero-order valence-corrected chi connectivity index (χ0v) is 65.5. The van der Waals surface area contributed by atoms with Gasteiger partial charge in [-0.25, -0.2) is 9.13 Å². The molecular weight excluding hydrogens is 1270 g/mol. The molecular formula is C78H152O17P2. The number of phosphoric ester groups is 2. The summed E-state index contributed by atoms with van der Waals surface area (Å²) in [5.41, 5.74) is 0. The van der Waals surface area contributed by atoms with Crippen molar-refractivity contribution in [3.63, 3.8) is 0 Å². The van der Waals surface area contributed by atoms with Gasteiger partial charge in [-0.05, 0) is 49.4 Å². The molecule has 0 aliphatic carbocycles. The highest BCUT2D eigenvalue weighted by atomic mass is 31.2. The lowest BCUT2D eigenvalue weighted by atomic mass is 10.0. The first-order valence-electron chi connectivity index (χ1n) is 40.2. The predicted molar refractivity (Wildman–Crippen MR) is 395 cm³/mol. The highest BCUT2D eigenvalue weighted by Gasteiger charge is 2.30. The monoisotopic (exact) mass is 1420 g/mol. The maximum Gasteiger partial charge on any atom is 0.472 e. The van der Waals surface area contributed by atoms with Crippen LogP contribution < -0.4 is 0 Å². The van der Waals surface area contributed by atoms with E-state index in [1.165, 1.54) is 186 Å². The van der Waals surface area contributed by atoms with Gasteiger partial charge in [-0.3, -0.25) is 37.3 Å². The summed E-state index contributed by atoms with van der Waals surface area (Å²) in [6.45, 7) is 14.2. The second-order valence-corrected chi connectivity index (χ2v) is 32.9. The van der Waals surface area contributed by atoms with Crippen LogP contribution >= 0.6 is 15.6 Å². The molecule has 3 unspecified atom stereocenters. The van der Waals surface area contributed by atoms with E-state index < -0.39 is 97.5 Å². The molecule has 0 aromatic rings. The Kier molecular flexibility index (Phi) is 65.9. The molecule has 0 aromatic heterocycles. The molecule has 0 fully saturated rings. The topological polar surface area (TPSA) is 237 Å². The average Bonchev–Trinajstić information content (AvgIpc) is 1.62. The molecule has 0 saturated heterocycles. The van der Waals surface area contributed by atoms with E-state index in [-0.39, 0.29) is 25.7 Å². The van der Waals surface area contributed by atoms with Gasteiger partial charge >= 0.3 is 39.5 Å². The van der Waals surface area contributed by atoms with E-state index in [0.29, 0.717) is 37.5 Å². The number of hydrogen-bond donors (Lipinski definition) is 3. The Balaban J connectivity index is 5.18. The van der Waals surface area contributed by atoms with Gasteiger partial charge in [-0.1, -0.05) is 344 Å². The van der Waals surface area contributed by atoms with Crippen LogP contribution in [0, 0.1) is 23.7 Å². The summed E-state index contributed by atoms with van der Waals surface area (Å²) in [6.07, 6.45) is 53.0. The van der Waals surface area contributed by atoms with Crippen LogP contribution in [0.4, 0.5) is 0 Å². The highest BCUT2D eigenvalue weighted by molar-refractivity contribution is 7.47. The lowest BCUT2D eigenvalue weighted by molar-refractivity contribution is -0.161. The molecule has 0 heterocycles. The maximum absolute atomic E-state index is 13.1. The summed E-state index contributed by atoms with van der Waals surface area (Å²) in [6, 6.07) is 0. The number of esters is 4. The second-order valence-electron chi connectivity index (χ2n) is 30.0. The molecule has 0 amide bonds. The Morgan fingerprint density at radius 1 is 0.258 bits per heavy atom. The van der Waals surface area contributed by atoms with Crippen LogP contribution in [0.5, 0.6) is 0 Å². The van der Waals surface area contributed by atoms with Crippen LogP contribution in [-0.4, -0.2) is 96.7 Å². The van der Waals surface area contributed by atoms with Gasteiger partial charge < -0.3 is 33.8 Å². The predicted octanol–water partition coefficient (Wildman–Crippen LogP) is 22.8. The molecule has 0 spiro atoms. The number of rotatable bonds is 75. The summed E-state index contributed by atoms with van der Waals surface area (Å²) < 4.78 is 68.5. The van der Waals surface area contributed by atoms with E-state index in [1.807, 2.05) is 0 Å². The third-order valence-corrected chi connectivity index (χ3v) is 20.0. The molecule has 3 N–H and O–H groups in total. The number of hydrogen-bond acceptors (Lipinski definition) is 15. The van der Waals surface area contributed by atoms with Crippen LogP contribution in [0.2, 0.25) is 0 Å². The fourth-order valence-corrected chi connectivity index (χ4v) is 13.5. The largest absolute Gasteiger partial charge is 0.472 e. The first-order chi connectivity index (χ1) is 46.6. The third-order valence-electron chi connectivity index (χ3n) is 18.1. The van der Waals surface area contributed by atoms with E-state index >= 15 is 0 Å². The number of phosphoric acid groups is 2. The van der Waals surface area contributed by atoms with E-state index in [4.69, 9.17) is 37.0 Å². The van der Waals surface area contributed by atoms with Crippen molar-refractivity contribution in [2.45, 2.75) is 414 Å². The fourth-order valence-electron chi connectivity index (χ4n) is 11.9. The molecule has 0 aromatic carbocycles. The number of unbranched alkanes of at least 4 members (excludes halogenated alkanes) is 41. The maximum atomic E-state index is 13.1. The minimum absolute atomic E-state index is 0.106. The van der Waals surface area contributed by atoms with Gasteiger partial charge in [0.05, 0.1) is 26.4 Å². The molecule has 0 aliphatic heterocycles. The minimum Gasteiger partial charge on any atom is -0.462 e. The molecule has 0 saturated carbocycles. The van der Waals surface area contributed by atoms with Crippen molar-refractivity contribution in [3.05, 3.63) is 0 Å². The average molecular weight is 1420 g/mol. The van der Waals surface area contributed by atoms with E-state index in [0.717, 1.165) is 115 Å². The number of carbonyl (C=O) groups excluding carboxylic acids is 4. The molecule has 19 heteroatoms. The summed E-state index contributed by atoms with van der Waals surface area (Å²) >= 11 is 0. The van der Waals surface area contributed by atoms with Gasteiger partial charge in [0.25, 0.3) is 0 Å². The van der Waals surface area contributed by atoms with Crippen LogP contribution in [-0.2, 0) is 65.4 Å². The van der Waals surface area contributed by atoms with Gasteiger partial charge in [-0.15, -0.1) is 0 Å². The van der Waals surface area contributed by atoms with Gasteiger partial charge in [0.2, 0.25) is 0 Å². The number of carbonyl (C=O) groups is 4. The Hall–Kier alpha value is -1.94. The van der Waals surface area contributed by atoms with Crippen molar-refractivity contribution in [1.29, 1.82) is 0 Å². The Morgan fingerprint density at radius 2 is 0.433 bits per heavy atom. The van der Waals surface area contributed by atoms with Crippen LogP contribution in [0.25, 0.3) is 0 Å². The lowest BCUT2D eigenvalue weighted by Crippen LogP contribution is -2.30. The van der Waals surface area contributed by atoms with Gasteiger partial charge in [0.1, 0.15) is 19.3 Å². The zero-order valence-electron chi connectivity index (χ0n) is 63.7. The van der Waals surface area contributed by atoms with Crippen molar-refractivity contribution in [2.75, 3.05) is 39.6 Å². The van der Waals surface area contributed by atoms with E-state index in [2.05, 4.69) is 55.4 Å². The molecule has 576 valence electrons. The standard InChI is InChI=1S/C78H152O17P2/c1-68(2)54-46-38-30-24-20-16-13-11-9-10-12-14-18-22-26-34-44-52-60-77(82)94-73(64-88-75(80)58-50-42-36-28-32-40-48-56-70(5)6)66-92-96(84,85)90-62-72(79)63-91-97(86,87)93-67-74(65-89-76(81)59-51-43-37-29-33-41-49-57-71(7)8)95-78(83)61-53-45-35-27-23-19-15-17-21-25-31-39-47-55-69(3)4/h68-74,79H,9-67H2,1-8H3,(H,84,85)(H,86,87)/t72?,73-,74-/m1/s1. The first-order valence-corrected chi connectivity index (χ1v) is 43.2.